The number of fused-ring (bicyclic) bond motifs is 2. The molecule has 4 rings (SSSR count). The number of hydrogen-bond donors (Lipinski definition) is 0. The minimum atomic E-state index is -0.396. The molecule has 1 unspecified atom stereocenters. The Bertz CT molecular complexity index is 885. The Morgan fingerprint density at radius 3 is 2.68 bits per heavy atom. The summed E-state index contributed by atoms with van der Waals surface area (Å²) in [5.74, 6) is 0.0312. The number of aromatic nitrogens is 1. The fourth-order valence-corrected chi connectivity index (χ4v) is 4.41. The molecule has 1 aromatic heterocycles. The van der Waals surface area contributed by atoms with Gasteiger partial charge in [-0.3, -0.25) is 9.78 Å². The number of esters is 1. The summed E-state index contributed by atoms with van der Waals surface area (Å²) in [4.78, 5) is 32.2. The van der Waals surface area contributed by atoms with Crippen LogP contribution in [0.4, 0.5) is 0 Å². The van der Waals surface area contributed by atoms with Gasteiger partial charge in [0.1, 0.15) is 0 Å². The maximum atomic E-state index is 13.1. The van der Waals surface area contributed by atoms with Crippen LogP contribution in [0.25, 0.3) is 10.9 Å². The Kier molecular flexibility index (Phi) is 5.60. The van der Waals surface area contributed by atoms with E-state index in [-0.39, 0.29) is 12.5 Å². The highest BCUT2D eigenvalue weighted by molar-refractivity contribution is 6.05. The predicted molar refractivity (Wildman–Crippen MR) is 108 cm³/mol. The average molecular weight is 380 g/mol. The van der Waals surface area contributed by atoms with Gasteiger partial charge < -0.3 is 9.64 Å². The number of hydrogen-bond acceptors (Lipinski definition) is 4. The highest BCUT2D eigenvalue weighted by Crippen LogP contribution is 2.32. The van der Waals surface area contributed by atoms with E-state index in [0.717, 1.165) is 80.2 Å². The average Bonchev–Trinajstić information content (AvgIpc) is 2.99. The van der Waals surface area contributed by atoms with Crippen LogP contribution in [0, 0.1) is 5.92 Å². The van der Waals surface area contributed by atoms with Gasteiger partial charge in [0.2, 0.25) is 0 Å². The molecule has 1 saturated heterocycles. The summed E-state index contributed by atoms with van der Waals surface area (Å²) in [5.41, 5.74) is 3.43. The van der Waals surface area contributed by atoms with E-state index < -0.39 is 5.97 Å². The summed E-state index contributed by atoms with van der Waals surface area (Å²) >= 11 is 0. The molecule has 1 fully saturated rings. The lowest BCUT2D eigenvalue weighted by Gasteiger charge is -2.24. The number of carbonyl (C=O) groups excluding carboxylic acids is 2. The predicted octanol–water partition coefficient (Wildman–Crippen LogP) is 3.92. The molecular formula is C23H28N2O3. The van der Waals surface area contributed by atoms with Crippen LogP contribution in [0.1, 0.15) is 60.6 Å². The van der Waals surface area contributed by atoms with Crippen molar-refractivity contribution in [3.63, 3.8) is 0 Å². The third-order valence-corrected chi connectivity index (χ3v) is 6.00. The SMILES string of the molecule is CC1CCc2nc3ccccc3c(C(=O)OCC(=O)N3CCCCCC3)c2C1. The maximum absolute atomic E-state index is 13.1. The van der Waals surface area contributed by atoms with Gasteiger partial charge >= 0.3 is 5.97 Å². The Labute approximate surface area is 166 Å². The molecule has 5 heteroatoms. The van der Waals surface area contributed by atoms with Crippen LogP contribution in [-0.4, -0.2) is 41.5 Å². The number of rotatable bonds is 3. The van der Waals surface area contributed by atoms with Gasteiger partial charge in [0, 0.05) is 24.2 Å². The van der Waals surface area contributed by atoms with Crippen molar-refractivity contribution < 1.29 is 14.3 Å². The van der Waals surface area contributed by atoms with Crippen molar-refractivity contribution in [2.75, 3.05) is 19.7 Å². The van der Waals surface area contributed by atoms with E-state index in [2.05, 4.69) is 6.92 Å². The molecule has 148 valence electrons. The molecule has 5 nitrogen and oxygen atoms in total. The Hall–Kier alpha value is -2.43. The lowest BCUT2D eigenvalue weighted by Crippen LogP contribution is -2.35. The highest BCUT2D eigenvalue weighted by Gasteiger charge is 2.27. The molecular weight excluding hydrogens is 352 g/mol. The number of para-hydroxylation sites is 1. The molecule has 2 aromatic rings. The fraction of sp³-hybridized carbons (Fsp3) is 0.522. The third-order valence-electron chi connectivity index (χ3n) is 6.00. The van der Waals surface area contributed by atoms with Crippen LogP contribution in [-0.2, 0) is 22.4 Å². The van der Waals surface area contributed by atoms with E-state index in [0.29, 0.717) is 11.5 Å². The Morgan fingerprint density at radius 1 is 1.14 bits per heavy atom. The van der Waals surface area contributed by atoms with Gasteiger partial charge in [-0.2, -0.15) is 0 Å². The third kappa shape index (κ3) is 3.89. The molecule has 0 saturated carbocycles. The highest BCUT2D eigenvalue weighted by atomic mass is 16.5. The van der Waals surface area contributed by atoms with E-state index in [1.165, 1.54) is 0 Å². The van der Waals surface area contributed by atoms with Gasteiger partial charge in [0.15, 0.2) is 6.61 Å². The quantitative estimate of drug-likeness (QED) is 0.758. The molecule has 1 aliphatic carbocycles. The second-order valence-electron chi connectivity index (χ2n) is 8.15. The zero-order valence-corrected chi connectivity index (χ0v) is 16.6. The number of likely N-dealkylation sites (tertiary alicyclic amines) is 1. The van der Waals surface area contributed by atoms with Crippen LogP contribution in [0.5, 0.6) is 0 Å². The van der Waals surface area contributed by atoms with Gasteiger partial charge in [-0.05, 0) is 49.7 Å². The topological polar surface area (TPSA) is 59.5 Å². The molecule has 28 heavy (non-hydrogen) atoms. The van der Waals surface area contributed by atoms with E-state index in [9.17, 15) is 9.59 Å². The summed E-state index contributed by atoms with van der Waals surface area (Å²) in [6, 6.07) is 7.72. The van der Waals surface area contributed by atoms with Crippen molar-refractivity contribution in [1.82, 2.24) is 9.88 Å². The Balaban J connectivity index is 1.58. The fourth-order valence-electron chi connectivity index (χ4n) is 4.41. The summed E-state index contributed by atoms with van der Waals surface area (Å²) in [6.45, 7) is 3.55. The number of nitrogens with zero attached hydrogens (tertiary/aromatic N) is 2. The first-order valence-electron chi connectivity index (χ1n) is 10.5. The van der Waals surface area contributed by atoms with Crippen LogP contribution >= 0.6 is 0 Å². The van der Waals surface area contributed by atoms with Gasteiger partial charge in [-0.1, -0.05) is 38.0 Å². The van der Waals surface area contributed by atoms with E-state index >= 15 is 0 Å². The van der Waals surface area contributed by atoms with Crippen molar-refractivity contribution >= 4 is 22.8 Å². The minimum Gasteiger partial charge on any atom is -0.452 e. The first-order valence-corrected chi connectivity index (χ1v) is 10.5. The molecule has 0 radical (unpaired) electrons. The smallest absolute Gasteiger partial charge is 0.339 e. The molecule has 1 aliphatic heterocycles. The Morgan fingerprint density at radius 2 is 1.89 bits per heavy atom. The molecule has 2 heterocycles. The number of ether oxygens (including phenoxy) is 1. The van der Waals surface area contributed by atoms with Crippen molar-refractivity contribution in [2.45, 2.75) is 51.9 Å². The van der Waals surface area contributed by atoms with Crippen molar-refractivity contribution in [2.24, 2.45) is 5.92 Å². The van der Waals surface area contributed by atoms with E-state index in [4.69, 9.17) is 9.72 Å². The second kappa shape index (κ2) is 8.29. The first-order chi connectivity index (χ1) is 13.6. The van der Waals surface area contributed by atoms with Crippen LogP contribution < -0.4 is 0 Å². The zero-order valence-electron chi connectivity index (χ0n) is 16.6. The minimum absolute atomic E-state index is 0.0872. The lowest BCUT2D eigenvalue weighted by atomic mass is 9.84. The number of carbonyl (C=O) groups is 2. The molecule has 1 aromatic carbocycles. The monoisotopic (exact) mass is 380 g/mol. The molecule has 1 atom stereocenters. The van der Waals surface area contributed by atoms with Crippen LogP contribution in [0.2, 0.25) is 0 Å². The number of benzene rings is 1. The second-order valence-corrected chi connectivity index (χ2v) is 8.15. The first kappa shape index (κ1) is 18.9. The molecule has 1 amide bonds. The van der Waals surface area contributed by atoms with E-state index in [1.54, 1.807) is 0 Å². The van der Waals surface area contributed by atoms with Gasteiger partial charge in [0.25, 0.3) is 5.91 Å². The van der Waals surface area contributed by atoms with Crippen molar-refractivity contribution in [3.05, 3.63) is 41.1 Å². The molecule has 0 bridgehead atoms. The number of aryl methyl sites for hydroxylation is 1. The van der Waals surface area contributed by atoms with Gasteiger partial charge in [-0.15, -0.1) is 0 Å². The number of amides is 1. The van der Waals surface area contributed by atoms with Crippen LogP contribution in [0.15, 0.2) is 24.3 Å². The normalized spacial score (nSPS) is 19.8. The molecule has 0 spiro atoms. The zero-order chi connectivity index (χ0) is 19.5. The van der Waals surface area contributed by atoms with Crippen molar-refractivity contribution in [3.8, 4) is 0 Å². The summed E-state index contributed by atoms with van der Waals surface area (Å²) in [6.07, 6.45) is 7.18. The summed E-state index contributed by atoms with van der Waals surface area (Å²) < 4.78 is 5.54. The summed E-state index contributed by atoms with van der Waals surface area (Å²) in [5, 5.41) is 0.822. The van der Waals surface area contributed by atoms with Crippen LogP contribution in [0.3, 0.4) is 0 Å². The van der Waals surface area contributed by atoms with Gasteiger partial charge in [0.05, 0.1) is 11.1 Å². The largest absolute Gasteiger partial charge is 0.452 e. The van der Waals surface area contributed by atoms with E-state index in [1.807, 2.05) is 29.2 Å². The van der Waals surface area contributed by atoms with Crippen molar-refractivity contribution in [1.29, 1.82) is 0 Å². The maximum Gasteiger partial charge on any atom is 0.339 e. The number of pyridine rings is 1. The molecule has 2 aliphatic rings. The lowest BCUT2D eigenvalue weighted by molar-refractivity contribution is -0.134. The summed E-state index contributed by atoms with van der Waals surface area (Å²) in [7, 11) is 0. The standard InChI is InChI=1S/C23H28N2O3/c1-16-10-11-20-18(14-16)22(17-8-4-5-9-19(17)24-20)23(27)28-15-21(26)25-12-6-2-3-7-13-25/h4-5,8-9,16H,2-3,6-7,10-15H2,1H3. The molecule has 0 N–H and O–H groups in total. The van der Waals surface area contributed by atoms with Gasteiger partial charge in [-0.25, -0.2) is 4.79 Å².